The molecule has 1 unspecified atom stereocenters. The highest BCUT2D eigenvalue weighted by molar-refractivity contribution is 7.89. The van der Waals surface area contributed by atoms with Gasteiger partial charge < -0.3 is 9.84 Å². The topological polar surface area (TPSA) is 83.9 Å². The van der Waals surface area contributed by atoms with Crippen LogP contribution >= 0.6 is 0 Å². The monoisotopic (exact) mass is 313 g/mol. The Bertz CT molecular complexity index is 643. The van der Waals surface area contributed by atoms with E-state index in [1.54, 1.807) is 19.1 Å². The van der Waals surface area contributed by atoms with Gasteiger partial charge in [-0.25, -0.2) is 8.42 Å². The van der Waals surface area contributed by atoms with Crippen LogP contribution in [0.3, 0.4) is 0 Å². The van der Waals surface area contributed by atoms with Crippen LogP contribution in [0.1, 0.15) is 19.8 Å². The SMILES string of the molecule is COc1cccc(S(=O)(=O)N2CCCC(C)(C(=O)O)C2)c1. The second-order valence-corrected chi connectivity index (χ2v) is 7.42. The Hall–Kier alpha value is -1.60. The van der Waals surface area contributed by atoms with E-state index in [9.17, 15) is 18.3 Å². The number of benzene rings is 1. The normalized spacial score (nSPS) is 23.7. The maximum absolute atomic E-state index is 12.6. The third-order valence-corrected chi connectivity index (χ3v) is 5.70. The van der Waals surface area contributed by atoms with Crippen LogP contribution in [0.15, 0.2) is 29.2 Å². The molecular formula is C14H19NO5S. The molecule has 0 aliphatic carbocycles. The first-order valence-corrected chi connectivity index (χ1v) is 8.11. The molecule has 0 bridgehead atoms. The van der Waals surface area contributed by atoms with E-state index in [0.717, 1.165) is 0 Å². The van der Waals surface area contributed by atoms with Crippen LogP contribution in [-0.4, -0.2) is 44.0 Å². The lowest BCUT2D eigenvalue weighted by Gasteiger charge is -2.36. The van der Waals surface area contributed by atoms with Crippen molar-refractivity contribution in [3.63, 3.8) is 0 Å². The number of carboxylic acids is 1. The number of hydrogen-bond acceptors (Lipinski definition) is 4. The Morgan fingerprint density at radius 3 is 2.76 bits per heavy atom. The van der Waals surface area contributed by atoms with Crippen molar-refractivity contribution < 1.29 is 23.1 Å². The average molecular weight is 313 g/mol. The first-order valence-electron chi connectivity index (χ1n) is 6.67. The lowest BCUT2D eigenvalue weighted by atomic mass is 9.83. The Kier molecular flexibility index (Phi) is 4.25. The van der Waals surface area contributed by atoms with Crippen molar-refractivity contribution in [2.24, 2.45) is 5.41 Å². The summed E-state index contributed by atoms with van der Waals surface area (Å²) in [5.74, 6) is -0.512. The predicted octanol–water partition coefficient (Wildman–Crippen LogP) is 1.57. The summed E-state index contributed by atoms with van der Waals surface area (Å²) in [5, 5.41) is 9.29. The van der Waals surface area contributed by atoms with E-state index in [2.05, 4.69) is 0 Å². The lowest BCUT2D eigenvalue weighted by Crippen LogP contribution is -2.48. The summed E-state index contributed by atoms with van der Waals surface area (Å²) in [5.41, 5.74) is -1.04. The quantitative estimate of drug-likeness (QED) is 0.912. The summed E-state index contributed by atoms with van der Waals surface area (Å²) in [6.45, 7) is 1.91. The van der Waals surface area contributed by atoms with Gasteiger partial charge in [0, 0.05) is 19.2 Å². The van der Waals surface area contributed by atoms with Crippen LogP contribution in [0.5, 0.6) is 5.75 Å². The van der Waals surface area contributed by atoms with Crippen molar-refractivity contribution in [2.75, 3.05) is 20.2 Å². The fourth-order valence-electron chi connectivity index (χ4n) is 2.48. The van der Waals surface area contributed by atoms with Gasteiger partial charge in [-0.1, -0.05) is 6.07 Å². The Balaban J connectivity index is 2.33. The molecule has 0 aromatic heterocycles. The third-order valence-electron chi connectivity index (χ3n) is 3.86. The lowest BCUT2D eigenvalue weighted by molar-refractivity contribution is -0.150. The fraction of sp³-hybridized carbons (Fsp3) is 0.500. The molecule has 116 valence electrons. The van der Waals surface area contributed by atoms with E-state index in [1.165, 1.54) is 23.5 Å². The highest BCUT2D eigenvalue weighted by atomic mass is 32.2. The molecule has 21 heavy (non-hydrogen) atoms. The van der Waals surface area contributed by atoms with Crippen LogP contribution < -0.4 is 4.74 Å². The summed E-state index contributed by atoms with van der Waals surface area (Å²) >= 11 is 0. The van der Waals surface area contributed by atoms with E-state index < -0.39 is 21.4 Å². The molecule has 1 fully saturated rings. The number of aliphatic carboxylic acids is 1. The first kappa shape index (κ1) is 15.8. The minimum atomic E-state index is -3.71. The first-order chi connectivity index (χ1) is 9.79. The van der Waals surface area contributed by atoms with Crippen molar-refractivity contribution in [1.29, 1.82) is 0 Å². The summed E-state index contributed by atoms with van der Waals surface area (Å²) in [6, 6.07) is 6.20. The number of rotatable bonds is 4. The van der Waals surface area contributed by atoms with Crippen LogP contribution in [0.4, 0.5) is 0 Å². The zero-order chi connectivity index (χ0) is 15.7. The smallest absolute Gasteiger partial charge is 0.310 e. The van der Waals surface area contributed by atoms with Gasteiger partial charge in [0.2, 0.25) is 10.0 Å². The number of methoxy groups -OCH3 is 1. The predicted molar refractivity (Wildman–Crippen MR) is 76.7 cm³/mol. The molecule has 1 saturated heterocycles. The molecule has 1 aliphatic rings. The minimum Gasteiger partial charge on any atom is -0.497 e. The van der Waals surface area contributed by atoms with E-state index in [4.69, 9.17) is 4.74 Å². The van der Waals surface area contributed by atoms with Crippen molar-refractivity contribution in [3.8, 4) is 5.75 Å². The average Bonchev–Trinajstić information content (AvgIpc) is 2.47. The van der Waals surface area contributed by atoms with Gasteiger partial charge in [-0.15, -0.1) is 0 Å². The van der Waals surface area contributed by atoms with E-state index in [1.807, 2.05) is 0 Å². The number of hydrogen-bond donors (Lipinski definition) is 1. The molecule has 7 heteroatoms. The van der Waals surface area contributed by atoms with Crippen molar-refractivity contribution in [1.82, 2.24) is 4.31 Å². The number of carbonyl (C=O) groups is 1. The number of sulfonamides is 1. The van der Waals surface area contributed by atoms with Gasteiger partial charge in [-0.2, -0.15) is 4.31 Å². The summed E-state index contributed by atoms with van der Waals surface area (Å²) in [6.07, 6.45) is 1.01. The second-order valence-electron chi connectivity index (χ2n) is 5.49. The summed E-state index contributed by atoms with van der Waals surface area (Å²) in [7, 11) is -2.24. The molecule has 1 aromatic rings. The number of ether oxygens (including phenoxy) is 1. The molecule has 6 nitrogen and oxygen atoms in total. The van der Waals surface area contributed by atoms with E-state index in [-0.39, 0.29) is 11.4 Å². The maximum Gasteiger partial charge on any atom is 0.310 e. The molecule has 1 heterocycles. The van der Waals surface area contributed by atoms with E-state index in [0.29, 0.717) is 25.1 Å². The second kappa shape index (κ2) is 5.65. The molecule has 0 spiro atoms. The van der Waals surface area contributed by atoms with Gasteiger partial charge >= 0.3 is 5.97 Å². The van der Waals surface area contributed by atoms with Crippen molar-refractivity contribution in [2.45, 2.75) is 24.7 Å². The zero-order valence-electron chi connectivity index (χ0n) is 12.1. The third kappa shape index (κ3) is 3.03. The standard InChI is InChI=1S/C14H19NO5S/c1-14(13(16)17)7-4-8-15(10-14)21(18,19)12-6-3-5-11(9-12)20-2/h3,5-6,9H,4,7-8,10H2,1-2H3,(H,16,17). The van der Waals surface area contributed by atoms with Crippen LogP contribution in [0, 0.1) is 5.41 Å². The van der Waals surface area contributed by atoms with Gasteiger partial charge in [0.25, 0.3) is 0 Å². The Morgan fingerprint density at radius 1 is 1.43 bits per heavy atom. The fourth-order valence-corrected chi connectivity index (χ4v) is 4.12. The highest BCUT2D eigenvalue weighted by Gasteiger charge is 2.42. The molecule has 0 amide bonds. The van der Waals surface area contributed by atoms with Crippen LogP contribution in [-0.2, 0) is 14.8 Å². The summed E-state index contributed by atoms with van der Waals surface area (Å²) in [4.78, 5) is 11.5. The molecule has 1 N–H and O–H groups in total. The molecular weight excluding hydrogens is 294 g/mol. The van der Waals surface area contributed by atoms with Crippen molar-refractivity contribution >= 4 is 16.0 Å². The van der Waals surface area contributed by atoms with E-state index >= 15 is 0 Å². The molecule has 1 atom stereocenters. The summed E-state index contributed by atoms with van der Waals surface area (Å²) < 4.78 is 31.6. The Morgan fingerprint density at radius 2 is 2.14 bits per heavy atom. The van der Waals surface area contributed by atoms with Gasteiger partial charge in [0.15, 0.2) is 0 Å². The molecule has 2 rings (SSSR count). The number of piperidine rings is 1. The molecule has 0 radical (unpaired) electrons. The highest BCUT2D eigenvalue weighted by Crippen LogP contribution is 2.33. The largest absolute Gasteiger partial charge is 0.497 e. The zero-order valence-corrected chi connectivity index (χ0v) is 12.9. The maximum atomic E-state index is 12.6. The minimum absolute atomic E-state index is 0.0120. The van der Waals surface area contributed by atoms with Gasteiger partial charge in [-0.3, -0.25) is 4.79 Å². The van der Waals surface area contributed by atoms with Gasteiger partial charge in [0.1, 0.15) is 5.75 Å². The molecule has 1 aromatic carbocycles. The van der Waals surface area contributed by atoms with Crippen LogP contribution in [0.2, 0.25) is 0 Å². The number of nitrogens with zero attached hydrogens (tertiary/aromatic N) is 1. The molecule has 0 saturated carbocycles. The molecule has 1 aliphatic heterocycles. The van der Waals surface area contributed by atoms with Crippen molar-refractivity contribution in [3.05, 3.63) is 24.3 Å². The van der Waals surface area contributed by atoms with Gasteiger partial charge in [0.05, 0.1) is 17.4 Å². The number of carboxylic acid groups (broad SMARTS) is 1. The van der Waals surface area contributed by atoms with Crippen LogP contribution in [0.25, 0.3) is 0 Å². The Labute approximate surface area is 124 Å². The van der Waals surface area contributed by atoms with Gasteiger partial charge in [-0.05, 0) is 31.9 Å².